The molecule has 10 heteroatoms. The highest BCUT2D eigenvalue weighted by atomic mass is 19.4. The minimum atomic E-state index is -4.54. The summed E-state index contributed by atoms with van der Waals surface area (Å²) in [4.78, 5) is 11.2. The maximum atomic E-state index is 11.9. The second-order valence-corrected chi connectivity index (χ2v) is 6.33. The Bertz CT molecular complexity index is 590. The zero-order valence-corrected chi connectivity index (χ0v) is 12.3. The molecule has 2 bridgehead atoms. The van der Waals surface area contributed by atoms with Crippen LogP contribution >= 0.6 is 0 Å². The Morgan fingerprint density at radius 2 is 2.35 bits per heavy atom. The van der Waals surface area contributed by atoms with E-state index in [1.165, 1.54) is 0 Å². The molecule has 0 aliphatic heterocycles. The van der Waals surface area contributed by atoms with E-state index in [0.29, 0.717) is 11.6 Å². The van der Waals surface area contributed by atoms with E-state index in [0.717, 1.165) is 25.7 Å². The Kier molecular flexibility index (Phi) is 3.95. The van der Waals surface area contributed by atoms with Crippen LogP contribution in [0.2, 0.25) is 0 Å². The molecule has 1 heterocycles. The second kappa shape index (κ2) is 5.66. The Morgan fingerprint density at radius 1 is 1.57 bits per heavy atom. The highest BCUT2D eigenvalue weighted by Crippen LogP contribution is 2.51. The number of alkyl carbamates (subject to hydrolysis) is 1. The summed E-state index contributed by atoms with van der Waals surface area (Å²) >= 11 is 0. The van der Waals surface area contributed by atoms with Crippen molar-refractivity contribution in [1.82, 2.24) is 20.3 Å². The smallest absolute Gasteiger partial charge is 0.422 e. The third-order valence-electron chi connectivity index (χ3n) is 4.56. The number of hydrogen-bond donors (Lipinski definition) is 2. The van der Waals surface area contributed by atoms with Crippen molar-refractivity contribution < 1.29 is 22.7 Å². The van der Waals surface area contributed by atoms with Crippen LogP contribution in [0.1, 0.15) is 37.4 Å². The van der Waals surface area contributed by atoms with Crippen LogP contribution in [-0.2, 0) is 11.3 Å². The molecule has 128 valence electrons. The first kappa shape index (κ1) is 16.0. The lowest BCUT2D eigenvalue weighted by Crippen LogP contribution is -2.43. The van der Waals surface area contributed by atoms with Gasteiger partial charge >= 0.3 is 12.3 Å². The number of alkyl halides is 3. The zero-order chi connectivity index (χ0) is 16.7. The molecule has 3 unspecified atom stereocenters. The molecule has 1 aromatic heterocycles. The molecule has 2 fully saturated rings. The van der Waals surface area contributed by atoms with E-state index in [1.807, 2.05) is 0 Å². The van der Waals surface area contributed by atoms with Gasteiger partial charge in [-0.3, -0.25) is 0 Å². The standard InChI is InChI=1S/C13H18F3N5O2/c14-13(15,16)7-23-11(22)18-5-9-6-21(20-19-9)10-3-8-1-2-12(10,17)4-8/h6,8,10H,1-5,7,17H2,(H,18,22). The number of carbonyl (C=O) groups is 1. The number of rotatable bonds is 4. The number of amides is 1. The summed E-state index contributed by atoms with van der Waals surface area (Å²) < 4.78 is 41.5. The molecule has 1 aromatic rings. The summed E-state index contributed by atoms with van der Waals surface area (Å²) in [7, 11) is 0. The van der Waals surface area contributed by atoms with Crippen LogP contribution in [0.15, 0.2) is 6.20 Å². The molecular weight excluding hydrogens is 315 g/mol. The Hall–Kier alpha value is -1.84. The van der Waals surface area contributed by atoms with Gasteiger partial charge < -0.3 is 15.8 Å². The average Bonchev–Trinajstić information content (AvgIpc) is 3.14. The summed E-state index contributed by atoms with van der Waals surface area (Å²) in [6, 6.07) is 0.0830. The van der Waals surface area contributed by atoms with Crippen LogP contribution in [0, 0.1) is 5.92 Å². The lowest BCUT2D eigenvalue weighted by molar-refractivity contribution is -0.160. The number of fused-ring (bicyclic) bond motifs is 2. The zero-order valence-electron chi connectivity index (χ0n) is 12.3. The average molecular weight is 333 g/mol. The molecule has 0 aromatic carbocycles. The Morgan fingerprint density at radius 3 is 2.96 bits per heavy atom. The van der Waals surface area contributed by atoms with Gasteiger partial charge in [-0.2, -0.15) is 13.2 Å². The van der Waals surface area contributed by atoms with E-state index in [9.17, 15) is 18.0 Å². The topological polar surface area (TPSA) is 95.1 Å². The SMILES string of the molecule is NC12CCC(CC1n1cc(CNC(=O)OCC(F)(F)F)nn1)C2. The first-order valence-electron chi connectivity index (χ1n) is 7.42. The van der Waals surface area contributed by atoms with Crippen molar-refractivity contribution in [2.45, 2.75) is 50.0 Å². The first-order chi connectivity index (χ1) is 10.8. The second-order valence-electron chi connectivity index (χ2n) is 6.33. The van der Waals surface area contributed by atoms with Crippen molar-refractivity contribution in [3.8, 4) is 0 Å². The minimum Gasteiger partial charge on any atom is -0.440 e. The van der Waals surface area contributed by atoms with Crippen molar-refractivity contribution in [2.75, 3.05) is 6.61 Å². The van der Waals surface area contributed by atoms with Crippen molar-refractivity contribution >= 4 is 6.09 Å². The molecule has 2 aliphatic rings. The highest BCUT2D eigenvalue weighted by Gasteiger charge is 2.50. The van der Waals surface area contributed by atoms with Gasteiger partial charge in [0.1, 0.15) is 5.69 Å². The number of nitrogens with two attached hydrogens (primary N) is 1. The summed E-state index contributed by atoms with van der Waals surface area (Å²) in [5.41, 5.74) is 6.59. The molecule has 3 rings (SSSR count). The molecule has 0 saturated heterocycles. The molecule has 0 radical (unpaired) electrons. The van der Waals surface area contributed by atoms with Gasteiger partial charge in [-0.15, -0.1) is 5.10 Å². The van der Waals surface area contributed by atoms with Crippen molar-refractivity contribution in [3.05, 3.63) is 11.9 Å². The first-order valence-corrected chi connectivity index (χ1v) is 7.42. The fourth-order valence-corrected chi connectivity index (χ4v) is 3.55. The van der Waals surface area contributed by atoms with Crippen molar-refractivity contribution in [1.29, 1.82) is 0 Å². The predicted molar refractivity (Wildman–Crippen MR) is 72.2 cm³/mol. The molecule has 0 spiro atoms. The van der Waals surface area contributed by atoms with Gasteiger partial charge in [0, 0.05) is 5.54 Å². The van der Waals surface area contributed by atoms with Crippen LogP contribution < -0.4 is 11.1 Å². The number of hydrogen-bond acceptors (Lipinski definition) is 5. The summed E-state index contributed by atoms with van der Waals surface area (Å²) in [5.74, 6) is 0.619. The third kappa shape index (κ3) is 3.57. The van der Waals surface area contributed by atoms with Crippen LogP contribution in [0.25, 0.3) is 0 Å². The molecule has 23 heavy (non-hydrogen) atoms. The monoisotopic (exact) mass is 333 g/mol. The molecule has 3 N–H and O–H groups in total. The minimum absolute atomic E-state index is 0.0512. The van der Waals surface area contributed by atoms with Gasteiger partial charge in [0.2, 0.25) is 0 Å². The molecule has 1 amide bonds. The van der Waals surface area contributed by atoms with E-state index in [-0.39, 0.29) is 18.1 Å². The molecule has 7 nitrogen and oxygen atoms in total. The number of carbonyl (C=O) groups excluding carboxylic acids is 1. The fourth-order valence-electron chi connectivity index (χ4n) is 3.55. The fraction of sp³-hybridized carbons (Fsp3) is 0.769. The van der Waals surface area contributed by atoms with E-state index in [2.05, 4.69) is 20.4 Å². The van der Waals surface area contributed by atoms with Crippen LogP contribution in [0.4, 0.5) is 18.0 Å². The maximum Gasteiger partial charge on any atom is 0.422 e. The maximum absolute atomic E-state index is 11.9. The van der Waals surface area contributed by atoms with E-state index < -0.39 is 18.9 Å². The molecule has 2 aliphatic carbocycles. The van der Waals surface area contributed by atoms with Gasteiger partial charge in [0.05, 0.1) is 18.8 Å². The normalized spacial score (nSPS) is 29.7. The Labute approximate surface area is 130 Å². The number of halogens is 3. The summed E-state index contributed by atoms with van der Waals surface area (Å²) in [6.07, 6.45) is 0.0181. The van der Waals surface area contributed by atoms with Crippen LogP contribution in [0.3, 0.4) is 0 Å². The number of ether oxygens (including phenoxy) is 1. The van der Waals surface area contributed by atoms with E-state index in [1.54, 1.807) is 10.9 Å². The number of nitrogens with one attached hydrogen (secondary N) is 1. The van der Waals surface area contributed by atoms with Crippen LogP contribution in [-0.4, -0.2) is 39.4 Å². The van der Waals surface area contributed by atoms with E-state index >= 15 is 0 Å². The van der Waals surface area contributed by atoms with Gasteiger partial charge in [-0.25, -0.2) is 9.48 Å². The van der Waals surface area contributed by atoms with Crippen LogP contribution in [0.5, 0.6) is 0 Å². The van der Waals surface area contributed by atoms with Gasteiger partial charge in [0.15, 0.2) is 6.61 Å². The third-order valence-corrected chi connectivity index (χ3v) is 4.56. The lowest BCUT2D eigenvalue weighted by atomic mass is 9.89. The lowest BCUT2D eigenvalue weighted by Gasteiger charge is -2.30. The Balaban J connectivity index is 1.51. The van der Waals surface area contributed by atoms with Crippen molar-refractivity contribution in [2.24, 2.45) is 11.7 Å². The molecular formula is C13H18F3N5O2. The van der Waals surface area contributed by atoms with Gasteiger partial charge in [0.25, 0.3) is 0 Å². The number of nitrogens with zero attached hydrogens (tertiary/aromatic N) is 3. The number of aromatic nitrogens is 3. The largest absolute Gasteiger partial charge is 0.440 e. The van der Waals surface area contributed by atoms with E-state index in [4.69, 9.17) is 5.73 Å². The molecule has 2 saturated carbocycles. The quantitative estimate of drug-likeness (QED) is 0.871. The summed E-state index contributed by atoms with van der Waals surface area (Å²) in [5, 5.41) is 10.2. The predicted octanol–water partition coefficient (Wildman–Crippen LogP) is 1.51. The molecule has 3 atom stereocenters. The highest BCUT2D eigenvalue weighted by molar-refractivity contribution is 5.67. The van der Waals surface area contributed by atoms with Gasteiger partial charge in [-0.05, 0) is 31.6 Å². The van der Waals surface area contributed by atoms with Gasteiger partial charge in [-0.1, -0.05) is 5.21 Å². The summed E-state index contributed by atoms with van der Waals surface area (Å²) in [6.45, 7) is -1.67. The van der Waals surface area contributed by atoms with Crippen molar-refractivity contribution in [3.63, 3.8) is 0 Å².